The van der Waals surface area contributed by atoms with Gasteiger partial charge in [-0.1, -0.05) is 12.1 Å². The lowest BCUT2D eigenvalue weighted by Gasteiger charge is -2.15. The molecule has 2 aromatic rings. The summed E-state index contributed by atoms with van der Waals surface area (Å²) in [4.78, 5) is 14.3. The number of ether oxygens (including phenoxy) is 1. The van der Waals surface area contributed by atoms with Crippen LogP contribution in [-0.2, 0) is 18.4 Å². The second kappa shape index (κ2) is 6.42. The van der Waals surface area contributed by atoms with E-state index in [2.05, 4.69) is 16.5 Å². The maximum Gasteiger partial charge on any atom is 0.244 e. The highest BCUT2D eigenvalue weighted by Crippen LogP contribution is 2.22. The number of aryl methyl sites for hydroxylation is 2. The minimum atomic E-state index is -0.150. The van der Waals surface area contributed by atoms with Gasteiger partial charge in [0.15, 0.2) is 0 Å². The molecule has 23 heavy (non-hydrogen) atoms. The highest BCUT2D eigenvalue weighted by atomic mass is 16.5. The number of nitrogens with one attached hydrogen (secondary N) is 1. The first kappa shape index (κ1) is 15.6. The summed E-state index contributed by atoms with van der Waals surface area (Å²) in [5.74, 6) is 0.983. The number of aromatic nitrogens is 2. The fourth-order valence-electron chi connectivity index (χ4n) is 2.89. The smallest absolute Gasteiger partial charge is 0.244 e. The Bertz CT molecular complexity index is 710. The molecule has 1 aromatic heterocycles. The molecule has 6 heteroatoms. The molecule has 1 atom stereocenters. The van der Waals surface area contributed by atoms with Crippen molar-refractivity contribution in [3.8, 4) is 5.75 Å². The molecule has 6 nitrogen and oxygen atoms in total. The van der Waals surface area contributed by atoms with Gasteiger partial charge in [-0.2, -0.15) is 5.10 Å². The number of methoxy groups -OCH3 is 1. The molecule has 1 N–H and O–H groups in total. The van der Waals surface area contributed by atoms with Crippen LogP contribution in [0.15, 0.2) is 30.6 Å². The lowest BCUT2D eigenvalue weighted by Crippen LogP contribution is -2.37. The van der Waals surface area contributed by atoms with Crippen LogP contribution in [0.5, 0.6) is 5.75 Å². The fraction of sp³-hybridized carbons (Fsp3) is 0.412. The van der Waals surface area contributed by atoms with Gasteiger partial charge in [0, 0.05) is 26.3 Å². The standard InChI is InChI=1S/C17H22N4O2/c1-12-4-5-13(8-16(12)23-3)9-18-15-6-7-21(17(15)22)14-10-19-20(2)11-14/h4-5,8,10-11,15,18H,6-7,9H2,1-3H3/t15-/m0/s1. The second-order valence-electron chi connectivity index (χ2n) is 5.89. The molecule has 0 bridgehead atoms. The van der Waals surface area contributed by atoms with Crippen LogP contribution in [0.1, 0.15) is 17.5 Å². The lowest BCUT2D eigenvalue weighted by molar-refractivity contribution is -0.118. The second-order valence-corrected chi connectivity index (χ2v) is 5.89. The van der Waals surface area contributed by atoms with Gasteiger partial charge in [-0.3, -0.25) is 9.48 Å². The molecule has 1 aliphatic heterocycles. The van der Waals surface area contributed by atoms with Gasteiger partial charge < -0.3 is 15.0 Å². The zero-order valence-corrected chi connectivity index (χ0v) is 13.7. The zero-order valence-electron chi connectivity index (χ0n) is 13.7. The molecule has 0 spiro atoms. The van der Waals surface area contributed by atoms with Crippen molar-refractivity contribution in [2.45, 2.75) is 25.9 Å². The van der Waals surface area contributed by atoms with E-state index in [1.54, 1.807) is 22.9 Å². The number of carbonyl (C=O) groups excluding carboxylic acids is 1. The van der Waals surface area contributed by atoms with E-state index in [9.17, 15) is 4.79 Å². The highest BCUT2D eigenvalue weighted by Gasteiger charge is 2.32. The van der Waals surface area contributed by atoms with E-state index < -0.39 is 0 Å². The Morgan fingerprint density at radius 2 is 2.26 bits per heavy atom. The number of rotatable bonds is 5. The molecule has 0 radical (unpaired) electrons. The largest absolute Gasteiger partial charge is 0.496 e. The van der Waals surface area contributed by atoms with Crippen molar-refractivity contribution in [1.82, 2.24) is 15.1 Å². The maximum atomic E-state index is 12.5. The molecule has 1 saturated heterocycles. The van der Waals surface area contributed by atoms with Crippen LogP contribution in [0, 0.1) is 6.92 Å². The summed E-state index contributed by atoms with van der Waals surface area (Å²) in [7, 11) is 3.52. The molecule has 1 fully saturated rings. The fourth-order valence-corrected chi connectivity index (χ4v) is 2.89. The SMILES string of the molecule is COc1cc(CN[C@H]2CCN(c3cnn(C)c3)C2=O)ccc1C. The summed E-state index contributed by atoms with van der Waals surface area (Å²) in [5, 5.41) is 7.48. The van der Waals surface area contributed by atoms with E-state index in [0.29, 0.717) is 6.54 Å². The number of benzene rings is 1. The number of hydrogen-bond acceptors (Lipinski definition) is 4. The minimum absolute atomic E-state index is 0.108. The van der Waals surface area contributed by atoms with Gasteiger partial charge >= 0.3 is 0 Å². The molecule has 0 unspecified atom stereocenters. The van der Waals surface area contributed by atoms with Gasteiger partial charge in [0.05, 0.1) is 25.0 Å². The van der Waals surface area contributed by atoms with Gasteiger partial charge in [0.2, 0.25) is 5.91 Å². The van der Waals surface area contributed by atoms with Crippen molar-refractivity contribution in [3.05, 3.63) is 41.7 Å². The third-order valence-corrected chi connectivity index (χ3v) is 4.23. The van der Waals surface area contributed by atoms with E-state index in [1.165, 1.54) is 0 Å². The average molecular weight is 314 g/mol. The quantitative estimate of drug-likeness (QED) is 0.911. The Balaban J connectivity index is 1.62. The highest BCUT2D eigenvalue weighted by molar-refractivity contribution is 5.99. The Labute approximate surface area is 136 Å². The van der Waals surface area contributed by atoms with E-state index >= 15 is 0 Å². The van der Waals surface area contributed by atoms with Gasteiger partial charge in [0.25, 0.3) is 0 Å². The third-order valence-electron chi connectivity index (χ3n) is 4.23. The zero-order chi connectivity index (χ0) is 16.4. The van der Waals surface area contributed by atoms with Gasteiger partial charge in [0.1, 0.15) is 5.75 Å². The Morgan fingerprint density at radius 3 is 2.96 bits per heavy atom. The molecule has 1 aromatic carbocycles. The van der Waals surface area contributed by atoms with Gasteiger partial charge in [-0.25, -0.2) is 0 Å². The summed E-state index contributed by atoms with van der Waals surface area (Å²) < 4.78 is 7.05. The summed E-state index contributed by atoms with van der Waals surface area (Å²) in [5.41, 5.74) is 3.08. The van der Waals surface area contributed by atoms with E-state index in [-0.39, 0.29) is 11.9 Å². The molecule has 0 saturated carbocycles. The number of carbonyl (C=O) groups is 1. The summed E-state index contributed by atoms with van der Waals surface area (Å²) >= 11 is 0. The summed E-state index contributed by atoms with van der Waals surface area (Å²) in [6, 6.07) is 5.96. The van der Waals surface area contributed by atoms with E-state index in [0.717, 1.165) is 35.5 Å². The summed E-state index contributed by atoms with van der Waals surface area (Å²) in [6.45, 7) is 3.38. The predicted molar refractivity (Wildman–Crippen MR) is 88.5 cm³/mol. The topological polar surface area (TPSA) is 59.4 Å². The minimum Gasteiger partial charge on any atom is -0.496 e. The van der Waals surface area contributed by atoms with E-state index in [1.807, 2.05) is 32.3 Å². The molecular weight excluding hydrogens is 292 g/mol. The first-order valence-electron chi connectivity index (χ1n) is 7.75. The molecule has 2 heterocycles. The van der Waals surface area contributed by atoms with Crippen LogP contribution >= 0.6 is 0 Å². The Hall–Kier alpha value is -2.34. The van der Waals surface area contributed by atoms with Crippen molar-refractivity contribution in [2.75, 3.05) is 18.6 Å². The first-order chi connectivity index (χ1) is 11.1. The average Bonchev–Trinajstić information content (AvgIpc) is 3.12. The van der Waals surface area contributed by atoms with Crippen molar-refractivity contribution in [3.63, 3.8) is 0 Å². The molecule has 122 valence electrons. The number of hydrogen-bond donors (Lipinski definition) is 1. The molecule has 1 aliphatic rings. The normalized spacial score (nSPS) is 17.8. The van der Waals surface area contributed by atoms with Crippen LogP contribution in [-0.4, -0.2) is 35.4 Å². The Morgan fingerprint density at radius 1 is 1.43 bits per heavy atom. The van der Waals surface area contributed by atoms with Crippen LogP contribution in [0.4, 0.5) is 5.69 Å². The van der Waals surface area contributed by atoms with Crippen LogP contribution < -0.4 is 15.0 Å². The number of anilines is 1. The summed E-state index contributed by atoms with van der Waals surface area (Å²) in [6.07, 6.45) is 4.40. The van der Waals surface area contributed by atoms with Crippen molar-refractivity contribution in [2.24, 2.45) is 7.05 Å². The number of amides is 1. The van der Waals surface area contributed by atoms with Crippen molar-refractivity contribution < 1.29 is 9.53 Å². The van der Waals surface area contributed by atoms with Crippen molar-refractivity contribution in [1.29, 1.82) is 0 Å². The van der Waals surface area contributed by atoms with Crippen LogP contribution in [0.2, 0.25) is 0 Å². The van der Waals surface area contributed by atoms with Crippen LogP contribution in [0.25, 0.3) is 0 Å². The predicted octanol–water partition coefficient (Wildman–Crippen LogP) is 1.63. The van der Waals surface area contributed by atoms with Crippen molar-refractivity contribution >= 4 is 11.6 Å². The molecule has 3 rings (SSSR count). The van der Waals surface area contributed by atoms with Gasteiger partial charge in [-0.05, 0) is 30.5 Å². The number of nitrogens with zero attached hydrogens (tertiary/aromatic N) is 3. The Kier molecular flexibility index (Phi) is 4.34. The molecular formula is C17H22N4O2. The van der Waals surface area contributed by atoms with E-state index in [4.69, 9.17) is 4.74 Å². The molecule has 1 amide bonds. The van der Waals surface area contributed by atoms with Gasteiger partial charge in [-0.15, -0.1) is 0 Å². The van der Waals surface area contributed by atoms with Crippen LogP contribution in [0.3, 0.4) is 0 Å². The monoisotopic (exact) mass is 314 g/mol. The maximum absolute atomic E-state index is 12.5. The molecule has 0 aliphatic carbocycles. The lowest BCUT2D eigenvalue weighted by atomic mass is 10.1. The first-order valence-corrected chi connectivity index (χ1v) is 7.75. The third kappa shape index (κ3) is 3.22.